The fourth-order valence-electron chi connectivity index (χ4n) is 1.19. The minimum Gasteiger partial charge on any atom is -1.00 e. The van der Waals surface area contributed by atoms with Gasteiger partial charge in [-0.1, -0.05) is 6.92 Å². The molecule has 0 aromatic rings. The summed E-state index contributed by atoms with van der Waals surface area (Å²) >= 11 is 0. The molecule has 1 unspecified atom stereocenters. The van der Waals surface area contributed by atoms with Gasteiger partial charge in [0.1, 0.15) is 18.8 Å². The Bertz CT molecular complexity index is 233. The molecule has 0 aromatic heterocycles. The third kappa shape index (κ3) is 2.47. The molecule has 0 aromatic carbocycles. The summed E-state index contributed by atoms with van der Waals surface area (Å²) in [5, 5.41) is 0. The van der Waals surface area contributed by atoms with Gasteiger partial charge in [-0.05, 0) is 12.3 Å². The van der Waals surface area contributed by atoms with E-state index in [1.807, 2.05) is 19.5 Å². The van der Waals surface area contributed by atoms with Crippen molar-refractivity contribution in [2.75, 3.05) is 6.54 Å². The van der Waals surface area contributed by atoms with E-state index in [1.165, 1.54) is 0 Å². The van der Waals surface area contributed by atoms with Gasteiger partial charge >= 0.3 is 0 Å². The minimum absolute atomic E-state index is 0. The molecule has 1 rings (SSSR count). The number of aliphatic imine (C=N–C) groups is 1. The quantitative estimate of drug-likeness (QED) is 0.413. The topological polar surface area (TPSA) is 12.4 Å². The molecule has 0 spiro atoms. The van der Waals surface area contributed by atoms with E-state index in [1.54, 1.807) is 6.20 Å². The van der Waals surface area contributed by atoms with Crippen molar-refractivity contribution in [3.63, 3.8) is 0 Å². The molecule has 0 fully saturated rings. The van der Waals surface area contributed by atoms with E-state index in [2.05, 4.69) is 23.9 Å². The van der Waals surface area contributed by atoms with Crippen molar-refractivity contribution < 1.29 is 21.5 Å². The number of rotatable bonds is 2. The standard InChI is InChI=1S/C9H13N2.BrH/c1-3-6-11(7-4-2)8-5-10-9-11;/h5,8-9H,3,6H2,1-2H3;1H/q+1;/p-1. The molecule has 0 saturated heterocycles. The van der Waals surface area contributed by atoms with Gasteiger partial charge in [-0.15, -0.1) is 0 Å². The van der Waals surface area contributed by atoms with Crippen molar-refractivity contribution in [3.8, 4) is 12.0 Å². The van der Waals surface area contributed by atoms with Gasteiger partial charge in [0, 0.05) is 6.92 Å². The second-order valence-corrected chi connectivity index (χ2v) is 2.58. The van der Waals surface area contributed by atoms with E-state index in [-0.39, 0.29) is 17.0 Å². The molecule has 66 valence electrons. The highest BCUT2D eigenvalue weighted by atomic mass is 79.9. The van der Waals surface area contributed by atoms with Gasteiger partial charge in [0.05, 0.1) is 6.20 Å². The van der Waals surface area contributed by atoms with Gasteiger partial charge in [0.15, 0.2) is 0 Å². The van der Waals surface area contributed by atoms with Gasteiger partial charge in [0.2, 0.25) is 6.34 Å². The van der Waals surface area contributed by atoms with E-state index >= 15 is 0 Å². The van der Waals surface area contributed by atoms with E-state index in [0.29, 0.717) is 4.48 Å². The van der Waals surface area contributed by atoms with Crippen molar-refractivity contribution in [2.24, 2.45) is 4.99 Å². The first kappa shape index (κ1) is 11.4. The summed E-state index contributed by atoms with van der Waals surface area (Å²) in [7, 11) is 0. The molecule has 1 aliphatic heterocycles. The van der Waals surface area contributed by atoms with Gasteiger partial charge in [-0.25, -0.2) is 4.99 Å². The van der Waals surface area contributed by atoms with Crippen LogP contribution >= 0.6 is 0 Å². The van der Waals surface area contributed by atoms with Crippen LogP contribution in [0.25, 0.3) is 0 Å². The molecule has 0 radical (unpaired) electrons. The van der Waals surface area contributed by atoms with Crippen LogP contribution in [0, 0.1) is 12.0 Å². The molecule has 3 heteroatoms. The van der Waals surface area contributed by atoms with Crippen LogP contribution in [-0.4, -0.2) is 17.4 Å². The van der Waals surface area contributed by atoms with E-state index in [4.69, 9.17) is 0 Å². The van der Waals surface area contributed by atoms with Crippen LogP contribution in [0.4, 0.5) is 0 Å². The Kier molecular flexibility index (Phi) is 4.87. The molecule has 0 N–H and O–H groups in total. The van der Waals surface area contributed by atoms with Crippen molar-refractivity contribution >= 4 is 6.34 Å². The summed E-state index contributed by atoms with van der Waals surface area (Å²) < 4.78 is 0.604. The summed E-state index contributed by atoms with van der Waals surface area (Å²) in [4.78, 5) is 4.04. The lowest BCUT2D eigenvalue weighted by atomic mass is 10.4. The Morgan fingerprint density at radius 3 is 2.67 bits per heavy atom. The van der Waals surface area contributed by atoms with Crippen LogP contribution in [0.15, 0.2) is 17.4 Å². The largest absolute Gasteiger partial charge is 1.00 e. The average Bonchev–Trinajstić information content (AvgIpc) is 2.39. The third-order valence-electron chi connectivity index (χ3n) is 1.61. The molecule has 2 nitrogen and oxygen atoms in total. The predicted molar refractivity (Wildman–Crippen MR) is 46.5 cm³/mol. The van der Waals surface area contributed by atoms with Gasteiger partial charge in [-0.3, -0.25) is 0 Å². The molecule has 0 amide bonds. The monoisotopic (exact) mass is 228 g/mol. The van der Waals surface area contributed by atoms with Crippen LogP contribution in [0.1, 0.15) is 20.3 Å². The molecule has 0 saturated carbocycles. The smallest absolute Gasteiger partial charge is 0.208 e. The molecule has 0 bridgehead atoms. The number of nitrogens with zero attached hydrogens (tertiary/aromatic N) is 2. The van der Waals surface area contributed by atoms with E-state index < -0.39 is 0 Å². The number of quaternary nitrogens is 1. The zero-order valence-electron chi connectivity index (χ0n) is 7.42. The average molecular weight is 229 g/mol. The molecule has 0 aliphatic carbocycles. The highest BCUT2D eigenvalue weighted by molar-refractivity contribution is 5.52. The van der Waals surface area contributed by atoms with Crippen LogP contribution in [0.3, 0.4) is 0 Å². The first-order valence-corrected chi connectivity index (χ1v) is 3.86. The Hall–Kier alpha value is -0.590. The highest BCUT2D eigenvalue weighted by Gasteiger charge is 2.22. The lowest BCUT2D eigenvalue weighted by molar-refractivity contribution is -0.703. The van der Waals surface area contributed by atoms with Gasteiger partial charge in [0.25, 0.3) is 0 Å². The van der Waals surface area contributed by atoms with Crippen LogP contribution in [0.5, 0.6) is 0 Å². The maximum atomic E-state index is 4.04. The Labute approximate surface area is 84.3 Å². The van der Waals surface area contributed by atoms with Crippen LogP contribution in [-0.2, 0) is 0 Å². The molecule has 1 heterocycles. The van der Waals surface area contributed by atoms with E-state index in [9.17, 15) is 0 Å². The first-order chi connectivity index (χ1) is 5.33. The molecule has 1 atom stereocenters. The normalized spacial score (nSPS) is 24.5. The minimum atomic E-state index is 0. The summed E-state index contributed by atoms with van der Waals surface area (Å²) in [6.07, 6.45) is 6.81. The number of hydrogen-bond acceptors (Lipinski definition) is 1. The summed E-state index contributed by atoms with van der Waals surface area (Å²) in [5.74, 6) is 2.92. The predicted octanol–water partition coefficient (Wildman–Crippen LogP) is -1.29. The van der Waals surface area contributed by atoms with E-state index in [0.717, 1.165) is 13.0 Å². The Balaban J connectivity index is 0.00000121. The zero-order chi connectivity index (χ0) is 8.16. The maximum Gasteiger partial charge on any atom is 0.208 e. The fourth-order valence-corrected chi connectivity index (χ4v) is 1.19. The summed E-state index contributed by atoms with van der Waals surface area (Å²) in [6.45, 7) is 5.02. The number of halogens is 1. The van der Waals surface area contributed by atoms with Gasteiger partial charge < -0.3 is 17.0 Å². The Morgan fingerprint density at radius 2 is 2.25 bits per heavy atom. The molecular weight excluding hydrogens is 216 g/mol. The lowest BCUT2D eigenvalue weighted by Crippen LogP contribution is -3.00. The molecule has 12 heavy (non-hydrogen) atoms. The second kappa shape index (κ2) is 5.13. The SMILES string of the molecule is CC#C[N+]1(CCC)C=CN=C1.[Br-]. The zero-order valence-corrected chi connectivity index (χ0v) is 9.00. The summed E-state index contributed by atoms with van der Waals surface area (Å²) in [6, 6.07) is 3.11. The van der Waals surface area contributed by atoms with Crippen molar-refractivity contribution in [1.82, 2.24) is 0 Å². The van der Waals surface area contributed by atoms with Gasteiger partial charge in [-0.2, -0.15) is 4.48 Å². The summed E-state index contributed by atoms with van der Waals surface area (Å²) in [5.41, 5.74) is 0. The van der Waals surface area contributed by atoms with Crippen molar-refractivity contribution in [2.45, 2.75) is 20.3 Å². The number of hydrogen-bond donors (Lipinski definition) is 0. The second-order valence-electron chi connectivity index (χ2n) is 2.58. The van der Waals surface area contributed by atoms with Crippen molar-refractivity contribution in [1.29, 1.82) is 0 Å². The highest BCUT2D eigenvalue weighted by Crippen LogP contribution is 2.09. The third-order valence-corrected chi connectivity index (χ3v) is 1.61. The van der Waals surface area contributed by atoms with Crippen LogP contribution < -0.4 is 17.0 Å². The fraction of sp³-hybridized carbons (Fsp3) is 0.444. The van der Waals surface area contributed by atoms with Crippen molar-refractivity contribution in [3.05, 3.63) is 12.4 Å². The Morgan fingerprint density at radius 1 is 1.50 bits per heavy atom. The van der Waals surface area contributed by atoms with Crippen LogP contribution in [0.2, 0.25) is 0 Å². The first-order valence-electron chi connectivity index (χ1n) is 3.86. The molecular formula is C9H13BrN2. The molecule has 1 aliphatic rings. The lowest BCUT2D eigenvalue weighted by Gasteiger charge is -2.17. The maximum absolute atomic E-state index is 4.04.